The van der Waals surface area contributed by atoms with E-state index in [0.717, 1.165) is 11.3 Å². The lowest BCUT2D eigenvalue weighted by Crippen LogP contribution is -2.34. The Kier molecular flexibility index (Phi) is 4.15. The second-order valence-corrected chi connectivity index (χ2v) is 7.33. The topological polar surface area (TPSA) is 66.5 Å². The van der Waals surface area contributed by atoms with E-state index in [-0.39, 0.29) is 10.6 Å². The minimum Gasteiger partial charge on any atom is -0.312 e. The maximum Gasteiger partial charge on any atom is 0.242 e. The first kappa shape index (κ1) is 14.3. The number of sulfonamides is 1. The molecule has 0 atom stereocenters. The van der Waals surface area contributed by atoms with Crippen LogP contribution in [0.2, 0.25) is 0 Å². The van der Waals surface area contributed by atoms with Crippen molar-refractivity contribution >= 4 is 43.2 Å². The SMILES string of the molecule is CCN1C(=O)CCc2cc(NS(=O)(=O)CBr)ccc21. The smallest absolute Gasteiger partial charge is 0.242 e. The highest BCUT2D eigenvalue weighted by Crippen LogP contribution is 2.30. The van der Waals surface area contributed by atoms with Crippen molar-refractivity contribution in [1.29, 1.82) is 0 Å². The second kappa shape index (κ2) is 5.50. The van der Waals surface area contributed by atoms with Crippen LogP contribution in [0.25, 0.3) is 0 Å². The maximum atomic E-state index is 11.8. The van der Waals surface area contributed by atoms with Gasteiger partial charge < -0.3 is 4.90 Å². The number of aryl methyl sites for hydroxylation is 1. The van der Waals surface area contributed by atoms with Crippen molar-refractivity contribution < 1.29 is 13.2 Å². The number of nitrogens with zero attached hydrogens (tertiary/aromatic N) is 1. The number of amides is 1. The summed E-state index contributed by atoms with van der Waals surface area (Å²) in [5.74, 6) is 0.115. The summed E-state index contributed by atoms with van der Waals surface area (Å²) in [5, 5.41) is 0. The van der Waals surface area contributed by atoms with Gasteiger partial charge in [-0.15, -0.1) is 0 Å². The van der Waals surface area contributed by atoms with Crippen molar-refractivity contribution in [3.63, 3.8) is 0 Å². The van der Waals surface area contributed by atoms with Gasteiger partial charge in [-0.3, -0.25) is 9.52 Å². The van der Waals surface area contributed by atoms with Crippen molar-refractivity contribution in [2.45, 2.75) is 19.8 Å². The Bertz CT molecular complexity index is 601. The van der Waals surface area contributed by atoms with Crippen molar-refractivity contribution in [2.75, 3.05) is 20.8 Å². The number of anilines is 2. The number of benzene rings is 1. The monoisotopic (exact) mass is 346 g/mol. The van der Waals surface area contributed by atoms with E-state index >= 15 is 0 Å². The first-order chi connectivity index (χ1) is 8.96. The minimum absolute atomic E-state index is 0.115. The highest BCUT2D eigenvalue weighted by atomic mass is 79.9. The highest BCUT2D eigenvalue weighted by Gasteiger charge is 2.23. The van der Waals surface area contributed by atoms with E-state index in [9.17, 15) is 13.2 Å². The molecule has 1 aromatic rings. The van der Waals surface area contributed by atoms with Crippen LogP contribution >= 0.6 is 15.9 Å². The van der Waals surface area contributed by atoms with Gasteiger partial charge in [-0.05, 0) is 37.1 Å². The first-order valence-corrected chi connectivity index (χ1v) is 8.74. The van der Waals surface area contributed by atoms with Crippen molar-refractivity contribution in [3.05, 3.63) is 23.8 Å². The molecule has 1 amide bonds. The summed E-state index contributed by atoms with van der Waals surface area (Å²) in [7, 11) is -3.34. The fourth-order valence-corrected chi connectivity index (χ4v) is 3.06. The highest BCUT2D eigenvalue weighted by molar-refractivity contribution is 9.10. The molecule has 0 saturated carbocycles. The lowest BCUT2D eigenvalue weighted by molar-refractivity contribution is -0.118. The molecule has 0 bridgehead atoms. The largest absolute Gasteiger partial charge is 0.312 e. The average molecular weight is 347 g/mol. The van der Waals surface area contributed by atoms with Crippen molar-refractivity contribution in [3.8, 4) is 0 Å². The van der Waals surface area contributed by atoms with Crippen molar-refractivity contribution in [2.24, 2.45) is 0 Å². The molecule has 1 aliphatic rings. The number of halogens is 1. The van der Waals surface area contributed by atoms with E-state index in [1.165, 1.54) is 0 Å². The van der Waals surface area contributed by atoms with Crippen LogP contribution in [-0.2, 0) is 21.2 Å². The number of nitrogens with one attached hydrogen (secondary N) is 1. The third-order valence-corrected chi connectivity index (χ3v) is 5.65. The van der Waals surface area contributed by atoms with Crippen LogP contribution in [0.3, 0.4) is 0 Å². The van der Waals surface area contributed by atoms with Gasteiger partial charge >= 0.3 is 0 Å². The lowest BCUT2D eigenvalue weighted by atomic mass is 10.0. The fourth-order valence-electron chi connectivity index (χ4n) is 2.18. The minimum atomic E-state index is -3.34. The number of rotatable bonds is 4. The average Bonchev–Trinajstić information content (AvgIpc) is 2.38. The van der Waals surface area contributed by atoms with Crippen LogP contribution in [0.1, 0.15) is 18.9 Å². The van der Waals surface area contributed by atoms with E-state index in [1.54, 1.807) is 23.1 Å². The molecular formula is C12H15BrN2O3S. The van der Waals surface area contributed by atoms with Crippen LogP contribution in [0.15, 0.2) is 18.2 Å². The van der Waals surface area contributed by atoms with Gasteiger partial charge in [-0.2, -0.15) is 0 Å². The Morgan fingerprint density at radius 2 is 2.11 bits per heavy atom. The molecule has 0 aliphatic carbocycles. The third kappa shape index (κ3) is 3.09. The zero-order chi connectivity index (χ0) is 14.0. The van der Waals surface area contributed by atoms with Gasteiger partial charge in [0.25, 0.3) is 0 Å². The first-order valence-electron chi connectivity index (χ1n) is 5.96. The molecule has 2 rings (SSSR count). The molecular weight excluding hydrogens is 332 g/mol. The van der Waals surface area contributed by atoms with E-state index in [0.29, 0.717) is 25.1 Å². The lowest BCUT2D eigenvalue weighted by Gasteiger charge is -2.28. The van der Waals surface area contributed by atoms with Gasteiger partial charge in [-0.25, -0.2) is 8.42 Å². The summed E-state index contributed by atoms with van der Waals surface area (Å²) >= 11 is 2.93. The molecule has 0 fully saturated rings. The molecule has 0 saturated heterocycles. The van der Waals surface area contributed by atoms with Crippen LogP contribution < -0.4 is 9.62 Å². The molecule has 1 aromatic carbocycles. The maximum absolute atomic E-state index is 11.8. The number of carbonyl (C=O) groups is 1. The van der Waals surface area contributed by atoms with Gasteiger partial charge in [0.1, 0.15) is 4.66 Å². The predicted octanol–water partition coefficient (Wildman–Crippen LogP) is 2.08. The zero-order valence-corrected chi connectivity index (χ0v) is 12.9. The van der Waals surface area contributed by atoms with Crippen LogP contribution in [0.5, 0.6) is 0 Å². The Labute approximate surface area is 121 Å². The van der Waals surface area contributed by atoms with Crippen LogP contribution in [0.4, 0.5) is 11.4 Å². The summed E-state index contributed by atoms with van der Waals surface area (Å²) < 4.78 is 25.3. The standard InChI is InChI=1S/C12H15BrN2O3S/c1-2-15-11-5-4-10(14-19(17,18)8-13)7-9(11)3-6-12(15)16/h4-5,7,14H,2-3,6,8H2,1H3. The van der Waals surface area contributed by atoms with E-state index < -0.39 is 10.0 Å². The summed E-state index contributed by atoms with van der Waals surface area (Å²) in [6.45, 7) is 2.55. The van der Waals surface area contributed by atoms with Gasteiger partial charge in [0, 0.05) is 24.3 Å². The number of fused-ring (bicyclic) bond motifs is 1. The molecule has 1 aliphatic heterocycles. The van der Waals surface area contributed by atoms with Gasteiger partial charge in [0.05, 0.1) is 0 Å². The molecule has 5 nitrogen and oxygen atoms in total. The Hall–Kier alpha value is -1.08. The summed E-state index contributed by atoms with van der Waals surface area (Å²) in [5.41, 5.74) is 2.40. The van der Waals surface area contributed by atoms with Crippen LogP contribution in [-0.4, -0.2) is 25.5 Å². The van der Waals surface area contributed by atoms with Gasteiger partial charge in [0.2, 0.25) is 15.9 Å². The van der Waals surface area contributed by atoms with E-state index in [2.05, 4.69) is 20.7 Å². The predicted molar refractivity (Wildman–Crippen MR) is 79.1 cm³/mol. The summed E-state index contributed by atoms with van der Waals surface area (Å²) in [4.78, 5) is 13.5. The molecule has 0 aromatic heterocycles. The number of hydrogen-bond acceptors (Lipinski definition) is 3. The summed E-state index contributed by atoms with van der Waals surface area (Å²) in [6.07, 6.45) is 1.12. The quantitative estimate of drug-likeness (QED) is 0.848. The Balaban J connectivity index is 2.32. The molecule has 1 N–H and O–H groups in total. The van der Waals surface area contributed by atoms with E-state index in [4.69, 9.17) is 0 Å². The second-order valence-electron chi connectivity index (χ2n) is 4.31. The third-order valence-electron chi connectivity index (χ3n) is 3.01. The molecule has 7 heteroatoms. The Morgan fingerprint density at radius 1 is 1.37 bits per heavy atom. The van der Waals surface area contributed by atoms with Crippen molar-refractivity contribution in [1.82, 2.24) is 0 Å². The van der Waals surface area contributed by atoms with E-state index in [1.807, 2.05) is 6.92 Å². The zero-order valence-electron chi connectivity index (χ0n) is 10.5. The molecule has 104 valence electrons. The molecule has 0 spiro atoms. The van der Waals surface area contributed by atoms with Crippen LogP contribution in [0, 0.1) is 0 Å². The Morgan fingerprint density at radius 3 is 2.74 bits per heavy atom. The molecule has 1 heterocycles. The number of carbonyl (C=O) groups excluding carboxylic acids is 1. The fraction of sp³-hybridized carbons (Fsp3) is 0.417. The van der Waals surface area contributed by atoms with Gasteiger partial charge in [0.15, 0.2) is 0 Å². The number of hydrogen-bond donors (Lipinski definition) is 1. The normalized spacial score (nSPS) is 15.3. The molecule has 19 heavy (non-hydrogen) atoms. The van der Waals surface area contributed by atoms with Gasteiger partial charge in [-0.1, -0.05) is 15.9 Å². The molecule has 0 unspecified atom stereocenters. The number of alkyl halides is 1. The summed E-state index contributed by atoms with van der Waals surface area (Å²) in [6, 6.07) is 5.27. The molecule has 0 radical (unpaired) electrons.